The van der Waals surface area contributed by atoms with E-state index in [0.717, 1.165) is 19.4 Å². The molecule has 2 fully saturated rings. The van der Waals surface area contributed by atoms with E-state index in [0.29, 0.717) is 37.4 Å². The second-order valence-electron chi connectivity index (χ2n) is 10.5. The summed E-state index contributed by atoms with van der Waals surface area (Å²) in [6.45, 7) is 6.02. The first-order chi connectivity index (χ1) is 19.6. The van der Waals surface area contributed by atoms with E-state index in [4.69, 9.17) is 21.3 Å². The first kappa shape index (κ1) is 28.7. The van der Waals surface area contributed by atoms with Gasteiger partial charge in [-0.3, -0.25) is 9.59 Å². The maximum Gasteiger partial charge on any atom is 0.320 e. The lowest BCUT2D eigenvalue weighted by molar-refractivity contribution is -0.127. The quantitative estimate of drug-likeness (QED) is 0.415. The number of fused-ring (bicyclic) bond motifs is 1. The molecule has 0 aliphatic carbocycles. The Hall–Kier alpha value is -3.83. The number of benzene rings is 1. The van der Waals surface area contributed by atoms with Crippen molar-refractivity contribution in [1.82, 2.24) is 24.8 Å². The van der Waals surface area contributed by atoms with Crippen molar-refractivity contribution in [3.8, 4) is 23.0 Å². The molecule has 1 N–H and O–H groups in total. The van der Waals surface area contributed by atoms with Crippen LogP contribution in [0.15, 0.2) is 36.4 Å². The van der Waals surface area contributed by atoms with Crippen LogP contribution in [0.2, 0.25) is 5.02 Å². The van der Waals surface area contributed by atoms with Crippen LogP contribution in [0.25, 0.3) is 22.3 Å². The largest absolute Gasteiger partial charge is 0.507 e. The molecule has 41 heavy (non-hydrogen) atoms. The number of likely N-dealkylation sites (N-methyl/N-ethyl adjacent to an activating group) is 1. The Balaban J connectivity index is 1.53. The number of aromatic nitrogens is 3. The molecule has 0 saturated carbocycles. The summed E-state index contributed by atoms with van der Waals surface area (Å²) >= 11 is 6.62. The van der Waals surface area contributed by atoms with Crippen LogP contribution in [-0.4, -0.2) is 93.5 Å². The highest BCUT2D eigenvalue weighted by atomic mass is 35.5. The smallest absolute Gasteiger partial charge is 0.320 e. The summed E-state index contributed by atoms with van der Waals surface area (Å²) in [4.78, 5) is 43.7. The van der Waals surface area contributed by atoms with Crippen molar-refractivity contribution < 1.29 is 23.8 Å². The molecule has 2 aliphatic rings. The summed E-state index contributed by atoms with van der Waals surface area (Å²) in [5.41, 5.74) is 0.178. The molecule has 2 aromatic heterocycles. The highest BCUT2D eigenvalue weighted by Gasteiger charge is 2.30. The van der Waals surface area contributed by atoms with Crippen molar-refractivity contribution in [3.05, 3.63) is 47.3 Å². The average Bonchev–Trinajstić information content (AvgIpc) is 3.35. The van der Waals surface area contributed by atoms with E-state index >= 15 is 0 Å². The fraction of sp³-hybridized carbons (Fsp3) is 0.414. The predicted molar refractivity (Wildman–Crippen MR) is 154 cm³/mol. The minimum atomic E-state index is -0.665. The van der Waals surface area contributed by atoms with E-state index in [1.807, 2.05) is 11.8 Å². The van der Waals surface area contributed by atoms with Crippen molar-refractivity contribution in [2.75, 3.05) is 44.7 Å². The topological polar surface area (TPSA) is 112 Å². The number of amides is 1. The summed E-state index contributed by atoms with van der Waals surface area (Å²) in [6, 6.07) is 5.82. The minimum absolute atomic E-state index is 0.0571. The maximum atomic E-state index is 14.8. The summed E-state index contributed by atoms with van der Waals surface area (Å²) in [6.07, 6.45) is 4.65. The number of aromatic hydroxyl groups is 1. The number of nitrogens with zero attached hydrogens (tertiary/aromatic N) is 6. The SMILES string of the molecule is CC(=O)/C=C/C(=O)N1CCN(c2nc(OC[C@@H]3CCCN3C)nc3nc(-c4c(O)cccc4F)c(Cl)cc23)[C@@H](C)C1. The van der Waals surface area contributed by atoms with Crippen molar-refractivity contribution in [3.63, 3.8) is 0 Å². The summed E-state index contributed by atoms with van der Waals surface area (Å²) < 4.78 is 20.8. The van der Waals surface area contributed by atoms with Gasteiger partial charge in [0, 0.05) is 37.8 Å². The number of halogens is 2. The Morgan fingerprint density at radius 2 is 2.00 bits per heavy atom. The zero-order valence-corrected chi connectivity index (χ0v) is 23.9. The van der Waals surface area contributed by atoms with Gasteiger partial charge >= 0.3 is 6.01 Å². The number of hydrogen-bond acceptors (Lipinski definition) is 9. The number of allylic oxidation sites excluding steroid dienone is 1. The molecule has 1 amide bonds. The van der Waals surface area contributed by atoms with Gasteiger partial charge in [-0.1, -0.05) is 17.7 Å². The summed E-state index contributed by atoms with van der Waals surface area (Å²) in [5.74, 6) is -0.851. The van der Waals surface area contributed by atoms with E-state index in [1.165, 1.54) is 37.3 Å². The first-order valence-corrected chi connectivity index (χ1v) is 13.9. The molecule has 2 atom stereocenters. The lowest BCUT2D eigenvalue weighted by atomic mass is 10.1. The van der Waals surface area contributed by atoms with Crippen molar-refractivity contribution >= 4 is 40.1 Å². The first-order valence-electron chi connectivity index (χ1n) is 13.6. The van der Waals surface area contributed by atoms with Gasteiger partial charge in [0.1, 0.15) is 24.0 Å². The van der Waals surface area contributed by atoms with E-state index in [9.17, 15) is 19.1 Å². The molecule has 0 bridgehead atoms. The number of likely N-dealkylation sites (tertiary alicyclic amines) is 1. The van der Waals surface area contributed by atoms with Gasteiger partial charge in [-0.2, -0.15) is 9.97 Å². The van der Waals surface area contributed by atoms with Gasteiger partial charge in [-0.15, -0.1) is 0 Å². The number of rotatable bonds is 7. The number of phenols is 1. The molecule has 4 heterocycles. The van der Waals surface area contributed by atoms with Gasteiger partial charge in [0.25, 0.3) is 0 Å². The number of hydrogen-bond donors (Lipinski definition) is 1. The lowest BCUT2D eigenvalue weighted by Gasteiger charge is -2.40. The van der Waals surface area contributed by atoms with Gasteiger partial charge in [0.2, 0.25) is 5.91 Å². The number of carbonyl (C=O) groups is 2. The number of ether oxygens (including phenoxy) is 1. The Labute approximate surface area is 242 Å². The second-order valence-corrected chi connectivity index (χ2v) is 10.9. The minimum Gasteiger partial charge on any atom is -0.507 e. The van der Waals surface area contributed by atoms with Crippen molar-refractivity contribution in [1.29, 1.82) is 0 Å². The van der Waals surface area contributed by atoms with Gasteiger partial charge < -0.3 is 24.5 Å². The van der Waals surface area contributed by atoms with E-state index in [-0.39, 0.29) is 57.5 Å². The van der Waals surface area contributed by atoms with Gasteiger partial charge in [0.15, 0.2) is 11.4 Å². The van der Waals surface area contributed by atoms with E-state index in [2.05, 4.69) is 21.9 Å². The van der Waals surface area contributed by atoms with Crippen LogP contribution in [0.1, 0.15) is 26.7 Å². The zero-order valence-electron chi connectivity index (χ0n) is 23.2. The van der Waals surface area contributed by atoms with Gasteiger partial charge in [-0.05, 0) is 64.6 Å². The lowest BCUT2D eigenvalue weighted by Crippen LogP contribution is -2.53. The van der Waals surface area contributed by atoms with Crippen LogP contribution in [0.4, 0.5) is 10.2 Å². The highest BCUT2D eigenvalue weighted by Crippen LogP contribution is 2.38. The van der Waals surface area contributed by atoms with Gasteiger partial charge in [-0.25, -0.2) is 9.37 Å². The molecular formula is C29H32ClFN6O4. The molecule has 2 saturated heterocycles. The van der Waals surface area contributed by atoms with Crippen LogP contribution in [0.5, 0.6) is 11.8 Å². The third-order valence-corrected chi connectivity index (χ3v) is 7.86. The molecule has 0 radical (unpaired) electrons. The number of anilines is 1. The molecule has 2 aliphatic heterocycles. The van der Waals surface area contributed by atoms with E-state index < -0.39 is 5.82 Å². The molecule has 5 rings (SSSR count). The fourth-order valence-corrected chi connectivity index (χ4v) is 5.57. The van der Waals surface area contributed by atoms with Gasteiger partial charge in [0.05, 0.1) is 21.7 Å². The predicted octanol–water partition coefficient (Wildman–Crippen LogP) is 3.85. The Morgan fingerprint density at radius 1 is 1.20 bits per heavy atom. The Morgan fingerprint density at radius 3 is 2.68 bits per heavy atom. The molecule has 1 aromatic carbocycles. The van der Waals surface area contributed by atoms with Crippen LogP contribution < -0.4 is 9.64 Å². The van der Waals surface area contributed by atoms with Crippen molar-refractivity contribution in [2.45, 2.75) is 38.8 Å². The van der Waals surface area contributed by atoms with Crippen LogP contribution in [0, 0.1) is 5.82 Å². The molecule has 3 aromatic rings. The number of piperazine rings is 1. The molecular weight excluding hydrogens is 551 g/mol. The van der Waals surface area contributed by atoms with Crippen LogP contribution >= 0.6 is 11.6 Å². The monoisotopic (exact) mass is 582 g/mol. The average molecular weight is 583 g/mol. The van der Waals surface area contributed by atoms with Crippen LogP contribution in [-0.2, 0) is 9.59 Å². The highest BCUT2D eigenvalue weighted by molar-refractivity contribution is 6.34. The number of ketones is 1. The second kappa shape index (κ2) is 12.0. The molecule has 216 valence electrons. The Bertz CT molecular complexity index is 1500. The third-order valence-electron chi connectivity index (χ3n) is 7.58. The van der Waals surface area contributed by atoms with Crippen molar-refractivity contribution in [2.24, 2.45) is 0 Å². The summed E-state index contributed by atoms with van der Waals surface area (Å²) in [5, 5.41) is 11.0. The zero-order chi connectivity index (χ0) is 29.3. The Kier molecular flexibility index (Phi) is 8.37. The molecule has 0 spiro atoms. The molecule has 10 nitrogen and oxygen atoms in total. The number of phenolic OH excluding ortho intramolecular Hbond substituents is 1. The van der Waals surface area contributed by atoms with E-state index in [1.54, 1.807) is 11.0 Å². The number of pyridine rings is 1. The van der Waals surface area contributed by atoms with Crippen LogP contribution in [0.3, 0.4) is 0 Å². The number of carbonyl (C=O) groups excluding carboxylic acids is 2. The standard InChI is InChI=1S/C29H32ClFN6O4/c1-17-15-36(24(40)10-9-18(2)38)12-13-37(17)28-20-14-21(30)26(25-22(31)7-4-8-23(25)39)32-27(20)33-29(34-28)41-16-19-6-5-11-35(19)3/h4,7-10,14,17,19,39H,5-6,11-13,15-16H2,1-3H3/b10-9+/t17-,19-/m0/s1. The molecule has 0 unspecified atom stereocenters. The normalized spacial score (nSPS) is 19.8. The maximum absolute atomic E-state index is 14.8. The summed E-state index contributed by atoms with van der Waals surface area (Å²) in [7, 11) is 2.05. The third kappa shape index (κ3) is 6.11. The molecule has 12 heteroatoms. The fourth-order valence-electron chi connectivity index (χ4n) is 5.33.